The van der Waals surface area contributed by atoms with E-state index in [2.05, 4.69) is 11.4 Å². The number of halogens is 1. The van der Waals surface area contributed by atoms with Gasteiger partial charge in [-0.05, 0) is 36.2 Å². The van der Waals surface area contributed by atoms with Crippen LogP contribution in [-0.2, 0) is 11.3 Å². The molecule has 0 fully saturated rings. The number of carbonyl (C=O) groups is 1. The average Bonchev–Trinajstić information content (AvgIpc) is 2.92. The number of carboxylic acids is 1. The van der Waals surface area contributed by atoms with Gasteiger partial charge in [0.05, 0.1) is 0 Å². The van der Waals surface area contributed by atoms with Gasteiger partial charge in [0.1, 0.15) is 6.04 Å². The number of carboxylic acid groups (broad SMARTS) is 1. The van der Waals surface area contributed by atoms with Gasteiger partial charge in [-0.2, -0.15) is 0 Å². The van der Waals surface area contributed by atoms with Crippen molar-refractivity contribution in [2.45, 2.75) is 32.4 Å². The molecule has 0 aliphatic carbocycles. The van der Waals surface area contributed by atoms with Crippen LogP contribution in [0.4, 0.5) is 0 Å². The molecule has 0 radical (unpaired) electrons. The third-order valence-electron chi connectivity index (χ3n) is 3.19. The normalized spacial score (nSPS) is 12.3. The summed E-state index contributed by atoms with van der Waals surface area (Å²) < 4.78 is 0. The summed E-state index contributed by atoms with van der Waals surface area (Å²) in [6.45, 7) is 2.57. The second kappa shape index (κ2) is 7.59. The van der Waals surface area contributed by atoms with Crippen molar-refractivity contribution in [1.29, 1.82) is 0 Å². The maximum absolute atomic E-state index is 11.1. The molecule has 2 rings (SSSR count). The van der Waals surface area contributed by atoms with Gasteiger partial charge in [-0.3, -0.25) is 10.1 Å². The number of nitrogens with one attached hydrogen (secondary N) is 1. The van der Waals surface area contributed by atoms with Crippen molar-refractivity contribution in [3.63, 3.8) is 0 Å². The van der Waals surface area contributed by atoms with Crippen LogP contribution in [0.2, 0.25) is 5.02 Å². The zero-order valence-corrected chi connectivity index (χ0v) is 13.4. The van der Waals surface area contributed by atoms with Crippen LogP contribution in [0.5, 0.6) is 0 Å². The third-order valence-corrected chi connectivity index (χ3v) is 4.57. The van der Waals surface area contributed by atoms with Crippen LogP contribution in [-0.4, -0.2) is 17.1 Å². The van der Waals surface area contributed by atoms with E-state index >= 15 is 0 Å². The molecule has 21 heavy (non-hydrogen) atoms. The van der Waals surface area contributed by atoms with E-state index in [1.54, 1.807) is 11.3 Å². The smallest absolute Gasteiger partial charge is 0.320 e. The lowest BCUT2D eigenvalue weighted by Gasteiger charge is -2.12. The number of aliphatic carboxylic acids is 1. The van der Waals surface area contributed by atoms with E-state index in [1.807, 2.05) is 37.3 Å². The van der Waals surface area contributed by atoms with Crippen LogP contribution in [0.15, 0.2) is 36.4 Å². The lowest BCUT2D eigenvalue weighted by atomic mass is 10.1. The highest BCUT2D eigenvalue weighted by atomic mass is 35.5. The minimum Gasteiger partial charge on any atom is -0.480 e. The Morgan fingerprint density at radius 2 is 2.00 bits per heavy atom. The molecule has 2 N–H and O–H groups in total. The fourth-order valence-corrected chi connectivity index (χ4v) is 3.16. The summed E-state index contributed by atoms with van der Waals surface area (Å²) in [5.41, 5.74) is 1.12. The molecule has 1 heterocycles. The molecule has 2 aromatic rings. The van der Waals surface area contributed by atoms with Crippen LogP contribution in [0.1, 0.15) is 24.6 Å². The summed E-state index contributed by atoms with van der Waals surface area (Å²) in [5, 5.41) is 12.9. The van der Waals surface area contributed by atoms with Crippen LogP contribution in [0, 0.1) is 0 Å². The number of rotatable bonds is 7. The molecule has 1 aromatic carbocycles. The van der Waals surface area contributed by atoms with Crippen molar-refractivity contribution in [3.8, 4) is 10.4 Å². The van der Waals surface area contributed by atoms with E-state index in [1.165, 1.54) is 0 Å². The summed E-state index contributed by atoms with van der Waals surface area (Å²) in [7, 11) is 0. The first-order valence-corrected chi connectivity index (χ1v) is 8.10. The summed E-state index contributed by atoms with van der Waals surface area (Å²) in [6, 6.07) is 11.3. The quantitative estimate of drug-likeness (QED) is 0.793. The number of hydrogen-bond donors (Lipinski definition) is 2. The van der Waals surface area contributed by atoms with Gasteiger partial charge in [-0.15, -0.1) is 11.3 Å². The predicted octanol–water partition coefficient (Wildman–Crippen LogP) is 4.41. The van der Waals surface area contributed by atoms with E-state index in [0.717, 1.165) is 26.8 Å². The van der Waals surface area contributed by atoms with Crippen LogP contribution < -0.4 is 5.32 Å². The SMILES string of the molecule is CCCC(NCc1ccc(-c2ccc(Cl)cc2)s1)C(=O)O. The molecule has 0 aliphatic rings. The van der Waals surface area contributed by atoms with E-state index in [4.69, 9.17) is 16.7 Å². The highest BCUT2D eigenvalue weighted by Crippen LogP contribution is 2.29. The molecular formula is C16H18ClNO2S. The topological polar surface area (TPSA) is 49.3 Å². The largest absolute Gasteiger partial charge is 0.480 e. The van der Waals surface area contributed by atoms with Gasteiger partial charge in [0.15, 0.2) is 0 Å². The highest BCUT2D eigenvalue weighted by molar-refractivity contribution is 7.15. The van der Waals surface area contributed by atoms with Crippen LogP contribution in [0.3, 0.4) is 0 Å². The van der Waals surface area contributed by atoms with E-state index in [0.29, 0.717) is 13.0 Å². The maximum atomic E-state index is 11.1. The maximum Gasteiger partial charge on any atom is 0.320 e. The molecule has 3 nitrogen and oxygen atoms in total. The van der Waals surface area contributed by atoms with Gasteiger partial charge in [-0.1, -0.05) is 37.1 Å². The number of benzene rings is 1. The van der Waals surface area contributed by atoms with E-state index < -0.39 is 12.0 Å². The molecule has 0 aliphatic heterocycles. The second-order valence-electron chi connectivity index (χ2n) is 4.83. The Morgan fingerprint density at radius 1 is 1.29 bits per heavy atom. The Labute approximate surface area is 133 Å². The molecule has 5 heteroatoms. The fourth-order valence-electron chi connectivity index (χ4n) is 2.07. The van der Waals surface area contributed by atoms with Crippen molar-refractivity contribution >= 4 is 28.9 Å². The minimum absolute atomic E-state index is 0.476. The summed E-state index contributed by atoms with van der Waals surface area (Å²) >= 11 is 7.55. The molecule has 0 bridgehead atoms. The zero-order valence-electron chi connectivity index (χ0n) is 11.8. The first-order valence-electron chi connectivity index (χ1n) is 6.91. The average molecular weight is 324 g/mol. The fraction of sp³-hybridized carbons (Fsp3) is 0.312. The Kier molecular flexibility index (Phi) is 5.79. The van der Waals surface area contributed by atoms with Gasteiger partial charge in [-0.25, -0.2) is 0 Å². The zero-order chi connectivity index (χ0) is 15.2. The van der Waals surface area contributed by atoms with Gasteiger partial charge >= 0.3 is 5.97 Å². The summed E-state index contributed by atoms with van der Waals surface area (Å²) in [6.07, 6.45) is 1.50. The molecular weight excluding hydrogens is 306 g/mol. The molecule has 0 saturated carbocycles. The predicted molar refractivity (Wildman–Crippen MR) is 87.9 cm³/mol. The van der Waals surface area contributed by atoms with Crippen molar-refractivity contribution < 1.29 is 9.90 Å². The lowest BCUT2D eigenvalue weighted by molar-refractivity contribution is -0.139. The van der Waals surface area contributed by atoms with Crippen LogP contribution in [0.25, 0.3) is 10.4 Å². The lowest BCUT2D eigenvalue weighted by Crippen LogP contribution is -2.35. The Hall–Kier alpha value is -1.36. The van der Waals surface area contributed by atoms with Gasteiger partial charge in [0.2, 0.25) is 0 Å². The van der Waals surface area contributed by atoms with Crippen molar-refractivity contribution in [2.75, 3.05) is 0 Å². The summed E-state index contributed by atoms with van der Waals surface area (Å²) in [4.78, 5) is 13.4. The second-order valence-corrected chi connectivity index (χ2v) is 6.44. The van der Waals surface area contributed by atoms with Gasteiger partial charge in [0.25, 0.3) is 0 Å². The molecule has 1 unspecified atom stereocenters. The Morgan fingerprint density at radius 3 is 2.62 bits per heavy atom. The first-order chi connectivity index (χ1) is 10.1. The molecule has 0 saturated heterocycles. The standard InChI is InChI=1S/C16H18ClNO2S/c1-2-3-14(16(19)20)18-10-13-8-9-15(21-13)11-4-6-12(17)7-5-11/h4-9,14,18H,2-3,10H2,1H3,(H,19,20). The van der Waals surface area contributed by atoms with Crippen molar-refractivity contribution in [2.24, 2.45) is 0 Å². The Bertz CT molecular complexity index is 595. The van der Waals surface area contributed by atoms with E-state index in [-0.39, 0.29) is 0 Å². The number of hydrogen-bond acceptors (Lipinski definition) is 3. The Balaban J connectivity index is 2.00. The highest BCUT2D eigenvalue weighted by Gasteiger charge is 2.15. The van der Waals surface area contributed by atoms with E-state index in [9.17, 15) is 4.79 Å². The van der Waals surface area contributed by atoms with Gasteiger partial charge in [0, 0.05) is 21.3 Å². The van der Waals surface area contributed by atoms with Crippen molar-refractivity contribution in [3.05, 3.63) is 46.3 Å². The van der Waals surface area contributed by atoms with Crippen molar-refractivity contribution in [1.82, 2.24) is 5.32 Å². The number of thiophene rings is 1. The molecule has 0 spiro atoms. The molecule has 0 amide bonds. The first kappa shape index (κ1) is 16.0. The van der Waals surface area contributed by atoms with Crippen LogP contribution >= 0.6 is 22.9 Å². The summed E-state index contributed by atoms with van der Waals surface area (Å²) in [5.74, 6) is -0.786. The monoisotopic (exact) mass is 323 g/mol. The van der Waals surface area contributed by atoms with Gasteiger partial charge < -0.3 is 5.11 Å². The molecule has 1 atom stereocenters. The molecule has 1 aromatic heterocycles. The third kappa shape index (κ3) is 4.56. The molecule has 112 valence electrons. The minimum atomic E-state index is -0.786.